The van der Waals surface area contributed by atoms with Gasteiger partial charge in [0.15, 0.2) is 0 Å². The van der Waals surface area contributed by atoms with Crippen molar-refractivity contribution in [2.45, 2.75) is 25.4 Å². The summed E-state index contributed by atoms with van der Waals surface area (Å²) in [5.41, 5.74) is 0. The van der Waals surface area contributed by atoms with Crippen molar-refractivity contribution in [2.24, 2.45) is 0 Å². The van der Waals surface area contributed by atoms with Crippen LogP contribution in [0.1, 0.15) is 6.92 Å². The second-order valence-electron chi connectivity index (χ2n) is 2.24. The van der Waals surface area contributed by atoms with Gasteiger partial charge >= 0.3 is 5.97 Å². The molecule has 72 valence electrons. The van der Waals surface area contributed by atoms with Crippen molar-refractivity contribution in [3.05, 3.63) is 0 Å². The molecule has 0 spiro atoms. The van der Waals surface area contributed by atoms with Crippen molar-refractivity contribution in [1.82, 2.24) is 0 Å². The SMILES string of the molecule is CC(=O)OC(O)[C@@H](O)[C@H](O)CO. The van der Waals surface area contributed by atoms with Gasteiger partial charge < -0.3 is 25.2 Å². The fourth-order valence-electron chi connectivity index (χ4n) is 0.538. The van der Waals surface area contributed by atoms with Crippen LogP contribution in [0.2, 0.25) is 0 Å². The molecule has 0 aromatic carbocycles. The van der Waals surface area contributed by atoms with Gasteiger partial charge in [-0.3, -0.25) is 4.79 Å². The topological polar surface area (TPSA) is 107 Å². The molecule has 1 unspecified atom stereocenters. The van der Waals surface area contributed by atoms with Crippen LogP contribution < -0.4 is 0 Å². The summed E-state index contributed by atoms with van der Waals surface area (Å²) in [5, 5.41) is 34.8. The molecule has 0 aliphatic heterocycles. The number of aliphatic hydroxyl groups excluding tert-OH is 4. The van der Waals surface area contributed by atoms with E-state index in [4.69, 9.17) is 20.4 Å². The van der Waals surface area contributed by atoms with Crippen molar-refractivity contribution in [3.8, 4) is 0 Å². The molecule has 0 fully saturated rings. The molecule has 12 heavy (non-hydrogen) atoms. The van der Waals surface area contributed by atoms with E-state index in [0.29, 0.717) is 0 Å². The Morgan fingerprint density at radius 1 is 1.42 bits per heavy atom. The molecule has 0 amide bonds. The van der Waals surface area contributed by atoms with Crippen LogP contribution in [0.5, 0.6) is 0 Å². The molecular formula is C6H12O6. The minimum Gasteiger partial charge on any atom is -0.433 e. The van der Waals surface area contributed by atoms with Gasteiger partial charge in [0.2, 0.25) is 6.29 Å². The van der Waals surface area contributed by atoms with E-state index in [0.717, 1.165) is 6.92 Å². The molecule has 0 saturated carbocycles. The summed E-state index contributed by atoms with van der Waals surface area (Å²) < 4.78 is 4.13. The Balaban J connectivity index is 3.91. The molecule has 0 bridgehead atoms. The van der Waals surface area contributed by atoms with Gasteiger partial charge in [-0.1, -0.05) is 0 Å². The van der Waals surface area contributed by atoms with E-state index >= 15 is 0 Å². The third-order valence-corrected chi connectivity index (χ3v) is 1.16. The van der Waals surface area contributed by atoms with E-state index in [-0.39, 0.29) is 0 Å². The summed E-state index contributed by atoms with van der Waals surface area (Å²) in [7, 11) is 0. The highest BCUT2D eigenvalue weighted by Gasteiger charge is 2.26. The van der Waals surface area contributed by atoms with Gasteiger partial charge in [0.05, 0.1) is 6.61 Å². The van der Waals surface area contributed by atoms with Crippen molar-refractivity contribution < 1.29 is 30.0 Å². The first-order valence-electron chi connectivity index (χ1n) is 3.31. The molecule has 3 atom stereocenters. The Hall–Kier alpha value is -0.690. The molecule has 4 N–H and O–H groups in total. The van der Waals surface area contributed by atoms with E-state index in [1.807, 2.05) is 0 Å². The van der Waals surface area contributed by atoms with Crippen LogP contribution in [0.4, 0.5) is 0 Å². The third-order valence-electron chi connectivity index (χ3n) is 1.16. The predicted molar refractivity (Wildman–Crippen MR) is 36.9 cm³/mol. The van der Waals surface area contributed by atoms with E-state index < -0.39 is 31.1 Å². The highest BCUT2D eigenvalue weighted by Crippen LogP contribution is 2.01. The summed E-state index contributed by atoms with van der Waals surface area (Å²) in [5.74, 6) is -0.785. The number of hydrogen-bond acceptors (Lipinski definition) is 6. The summed E-state index contributed by atoms with van der Waals surface area (Å²) >= 11 is 0. The van der Waals surface area contributed by atoms with Crippen molar-refractivity contribution in [3.63, 3.8) is 0 Å². The van der Waals surface area contributed by atoms with E-state index in [2.05, 4.69) is 4.74 Å². The summed E-state index contributed by atoms with van der Waals surface area (Å²) in [6.45, 7) is 0.320. The molecule has 0 aromatic heterocycles. The first-order chi connectivity index (χ1) is 5.49. The number of ether oxygens (including phenoxy) is 1. The second-order valence-corrected chi connectivity index (χ2v) is 2.24. The average Bonchev–Trinajstić information content (AvgIpc) is 2.00. The third kappa shape index (κ3) is 3.63. The van der Waals surface area contributed by atoms with Crippen LogP contribution in [0.15, 0.2) is 0 Å². The maximum atomic E-state index is 10.2. The van der Waals surface area contributed by atoms with Gasteiger partial charge in [0.1, 0.15) is 12.2 Å². The van der Waals surface area contributed by atoms with Gasteiger partial charge in [-0.05, 0) is 0 Å². The number of aliphatic hydroxyl groups is 4. The molecule has 0 saturated heterocycles. The van der Waals surface area contributed by atoms with Crippen LogP contribution in [-0.4, -0.2) is 51.5 Å². The molecule has 6 heteroatoms. The Morgan fingerprint density at radius 3 is 2.25 bits per heavy atom. The molecule has 0 rings (SSSR count). The first-order valence-corrected chi connectivity index (χ1v) is 3.31. The van der Waals surface area contributed by atoms with E-state index in [1.54, 1.807) is 0 Å². The van der Waals surface area contributed by atoms with Crippen LogP contribution in [0.25, 0.3) is 0 Å². The zero-order valence-corrected chi connectivity index (χ0v) is 6.54. The minimum absolute atomic E-state index is 0.723. The normalized spacial score (nSPS) is 18.1. The van der Waals surface area contributed by atoms with Crippen molar-refractivity contribution >= 4 is 5.97 Å². The van der Waals surface area contributed by atoms with E-state index in [9.17, 15) is 4.79 Å². The van der Waals surface area contributed by atoms with Gasteiger partial charge in [-0.15, -0.1) is 0 Å². The maximum absolute atomic E-state index is 10.2. The standard InChI is InChI=1S/C6H12O6/c1-3(8)12-6(11)5(10)4(9)2-7/h4-7,9-11H,2H2,1H3/t4-,5+,6?/m1/s1. The first kappa shape index (κ1) is 11.3. The Morgan fingerprint density at radius 2 is 1.92 bits per heavy atom. The fraction of sp³-hybridized carbons (Fsp3) is 0.833. The lowest BCUT2D eigenvalue weighted by molar-refractivity contribution is -0.199. The van der Waals surface area contributed by atoms with Crippen LogP contribution in [0.3, 0.4) is 0 Å². The molecule has 0 radical (unpaired) electrons. The quantitative estimate of drug-likeness (QED) is 0.283. The lowest BCUT2D eigenvalue weighted by Crippen LogP contribution is -2.41. The number of carbonyl (C=O) groups excluding carboxylic acids is 1. The monoisotopic (exact) mass is 180 g/mol. The molecule has 0 heterocycles. The summed E-state index contributed by atoms with van der Waals surface area (Å²) in [6, 6.07) is 0. The predicted octanol–water partition coefficient (Wildman–Crippen LogP) is -2.42. The minimum atomic E-state index is -1.82. The molecule has 0 aromatic rings. The Kier molecular flexibility index (Phi) is 4.75. The lowest BCUT2D eigenvalue weighted by atomic mass is 10.2. The molecular weight excluding hydrogens is 168 g/mol. The smallest absolute Gasteiger partial charge is 0.305 e. The molecule has 0 aliphatic rings. The largest absolute Gasteiger partial charge is 0.433 e. The number of carbonyl (C=O) groups is 1. The second kappa shape index (κ2) is 5.04. The lowest BCUT2D eigenvalue weighted by Gasteiger charge is -2.20. The van der Waals surface area contributed by atoms with Gasteiger partial charge in [0.25, 0.3) is 0 Å². The zero-order chi connectivity index (χ0) is 9.72. The van der Waals surface area contributed by atoms with Crippen LogP contribution in [0, 0.1) is 0 Å². The van der Waals surface area contributed by atoms with E-state index in [1.165, 1.54) is 0 Å². The highest BCUT2D eigenvalue weighted by molar-refractivity contribution is 5.66. The number of esters is 1. The Labute approximate surface area is 69.0 Å². The zero-order valence-electron chi connectivity index (χ0n) is 6.54. The number of hydrogen-bond donors (Lipinski definition) is 4. The Bertz CT molecular complexity index is 147. The van der Waals surface area contributed by atoms with Gasteiger partial charge in [0, 0.05) is 6.92 Å². The number of rotatable bonds is 4. The molecule has 6 nitrogen and oxygen atoms in total. The van der Waals surface area contributed by atoms with Crippen LogP contribution >= 0.6 is 0 Å². The van der Waals surface area contributed by atoms with Gasteiger partial charge in [-0.25, -0.2) is 0 Å². The van der Waals surface area contributed by atoms with Gasteiger partial charge in [-0.2, -0.15) is 0 Å². The summed E-state index contributed by atoms with van der Waals surface area (Å²) in [6.07, 6.45) is -5.04. The van der Waals surface area contributed by atoms with Crippen molar-refractivity contribution in [1.29, 1.82) is 0 Å². The summed E-state index contributed by atoms with van der Waals surface area (Å²) in [4.78, 5) is 10.2. The van der Waals surface area contributed by atoms with Crippen LogP contribution in [-0.2, 0) is 9.53 Å². The molecule has 0 aliphatic carbocycles. The maximum Gasteiger partial charge on any atom is 0.305 e. The highest BCUT2D eigenvalue weighted by atomic mass is 16.6. The average molecular weight is 180 g/mol. The fourth-order valence-corrected chi connectivity index (χ4v) is 0.538. The van der Waals surface area contributed by atoms with Crippen molar-refractivity contribution in [2.75, 3.05) is 6.61 Å².